The van der Waals surface area contributed by atoms with Crippen LogP contribution in [-0.2, 0) is 0 Å². The third-order valence-electron chi connectivity index (χ3n) is 5.74. The van der Waals surface area contributed by atoms with E-state index in [9.17, 15) is 4.79 Å². The molecule has 0 radical (unpaired) electrons. The van der Waals surface area contributed by atoms with Crippen LogP contribution in [0.4, 0.5) is 0 Å². The summed E-state index contributed by atoms with van der Waals surface area (Å²) in [6.07, 6.45) is -0.117. The average molecular weight is 477 g/mol. The predicted octanol–water partition coefficient (Wildman–Crippen LogP) is 5.52. The number of Topliss-reactive ketones (excluding diaryl/α,β-unsaturated/α-hetero) is 1. The van der Waals surface area contributed by atoms with Gasteiger partial charge in [0.25, 0.3) is 6.23 Å². The number of fused-ring (bicyclic) bond motifs is 3. The Hall–Kier alpha value is -3.12. The summed E-state index contributed by atoms with van der Waals surface area (Å²) in [4.78, 5) is 13.4. The summed E-state index contributed by atoms with van der Waals surface area (Å²) < 4.78 is 12.4. The van der Waals surface area contributed by atoms with Crippen LogP contribution in [0.25, 0.3) is 0 Å². The minimum atomic E-state index is -0.808. The van der Waals surface area contributed by atoms with E-state index in [0.29, 0.717) is 12.0 Å². The number of hydrogen-bond donors (Lipinski definition) is 0. The summed E-state index contributed by atoms with van der Waals surface area (Å²) in [6, 6.07) is 21.2. The summed E-state index contributed by atoms with van der Waals surface area (Å²) in [5, 5.41) is 6.67. The van der Waals surface area contributed by atoms with Crippen LogP contribution >= 0.6 is 15.9 Å². The number of ketones is 1. The van der Waals surface area contributed by atoms with E-state index < -0.39 is 6.23 Å². The van der Waals surface area contributed by atoms with Crippen molar-refractivity contribution in [1.82, 2.24) is 5.01 Å². The molecule has 0 N–H and O–H groups in total. The first kappa shape index (κ1) is 19.8. The van der Waals surface area contributed by atoms with Gasteiger partial charge >= 0.3 is 0 Å². The van der Waals surface area contributed by atoms with Crippen LogP contribution in [0, 0.1) is 6.92 Å². The topological polar surface area (TPSA) is 51.1 Å². The monoisotopic (exact) mass is 476 g/mol. The SMILES string of the molecule is COc1ccc(C2=NN3[C@H](C(=O)c4ccc(C)cc4)Oc4ccc(Br)cc4[C@@H]3C2)cc1. The van der Waals surface area contributed by atoms with Gasteiger partial charge < -0.3 is 9.47 Å². The third kappa shape index (κ3) is 3.61. The molecule has 0 saturated heterocycles. The molecule has 5 rings (SSSR count). The number of halogens is 1. The second kappa shape index (κ2) is 7.85. The number of carbonyl (C=O) groups is 1. The number of hydrogen-bond acceptors (Lipinski definition) is 5. The standard InChI is InChI=1S/C25H21BrN2O3/c1-15-3-5-17(6-4-15)24(29)25-28-22(20-13-18(26)9-12-23(20)31-25)14-21(27-28)16-7-10-19(30-2)11-8-16/h3-13,22,25H,14H2,1-2H3/t22-,25-/m0/s1. The van der Waals surface area contributed by atoms with E-state index in [1.807, 2.05) is 78.7 Å². The molecule has 2 aliphatic rings. The lowest BCUT2D eigenvalue weighted by Gasteiger charge is -2.37. The Kier molecular flexibility index (Phi) is 5.02. The van der Waals surface area contributed by atoms with E-state index in [2.05, 4.69) is 15.9 Å². The van der Waals surface area contributed by atoms with Gasteiger partial charge in [0.15, 0.2) is 0 Å². The fraction of sp³-hybridized carbons (Fsp3) is 0.200. The van der Waals surface area contributed by atoms with Crippen LogP contribution in [-0.4, -0.2) is 29.8 Å². The Bertz CT molecular complexity index is 1170. The largest absolute Gasteiger partial charge is 0.497 e. The van der Waals surface area contributed by atoms with Crippen LogP contribution in [0.2, 0.25) is 0 Å². The first-order chi connectivity index (χ1) is 15.0. The molecule has 3 aromatic carbocycles. The summed E-state index contributed by atoms with van der Waals surface area (Å²) in [6.45, 7) is 2.00. The van der Waals surface area contributed by atoms with Gasteiger partial charge in [-0.25, -0.2) is 5.01 Å². The van der Waals surface area contributed by atoms with Crippen molar-refractivity contribution in [3.05, 3.63) is 93.5 Å². The Labute approximate surface area is 189 Å². The maximum Gasteiger partial charge on any atom is 0.251 e. The first-order valence-corrected chi connectivity index (χ1v) is 10.9. The van der Waals surface area contributed by atoms with E-state index in [0.717, 1.165) is 38.4 Å². The van der Waals surface area contributed by atoms with E-state index >= 15 is 0 Å². The number of carbonyl (C=O) groups excluding carboxylic acids is 1. The normalized spacial score (nSPS) is 19.2. The summed E-state index contributed by atoms with van der Waals surface area (Å²) in [7, 11) is 1.65. The molecule has 0 amide bonds. The summed E-state index contributed by atoms with van der Waals surface area (Å²) in [5.41, 5.74) is 4.67. The predicted molar refractivity (Wildman–Crippen MR) is 123 cm³/mol. The van der Waals surface area contributed by atoms with Crippen molar-refractivity contribution in [2.24, 2.45) is 5.10 Å². The van der Waals surface area contributed by atoms with Crippen LogP contribution in [0.1, 0.15) is 39.5 Å². The summed E-state index contributed by atoms with van der Waals surface area (Å²) >= 11 is 3.56. The maximum atomic E-state index is 13.4. The Morgan fingerprint density at radius 1 is 1.10 bits per heavy atom. The molecule has 2 heterocycles. The zero-order valence-corrected chi connectivity index (χ0v) is 18.8. The smallest absolute Gasteiger partial charge is 0.251 e. The van der Waals surface area contributed by atoms with Gasteiger partial charge in [-0.15, -0.1) is 0 Å². The Morgan fingerprint density at radius 3 is 2.55 bits per heavy atom. The molecule has 0 unspecified atom stereocenters. The molecule has 0 bridgehead atoms. The molecule has 0 aliphatic carbocycles. The molecule has 31 heavy (non-hydrogen) atoms. The number of aryl methyl sites for hydroxylation is 1. The highest BCUT2D eigenvalue weighted by Gasteiger charge is 2.43. The van der Waals surface area contributed by atoms with E-state index in [-0.39, 0.29) is 11.8 Å². The molecule has 0 fully saturated rings. The molecule has 0 spiro atoms. The number of methoxy groups -OCH3 is 1. The first-order valence-electron chi connectivity index (χ1n) is 10.1. The number of nitrogens with zero attached hydrogens (tertiary/aromatic N) is 2. The van der Waals surface area contributed by atoms with Gasteiger partial charge in [0.1, 0.15) is 11.5 Å². The average Bonchev–Trinajstić information content (AvgIpc) is 3.24. The van der Waals surface area contributed by atoms with Crippen molar-refractivity contribution in [1.29, 1.82) is 0 Å². The minimum absolute atomic E-state index is 0.0715. The van der Waals surface area contributed by atoms with Gasteiger partial charge in [0, 0.05) is 22.0 Å². The quantitative estimate of drug-likeness (QED) is 0.465. The molecule has 6 heteroatoms. The van der Waals surface area contributed by atoms with Gasteiger partial charge in [-0.05, 0) is 55.0 Å². The zero-order valence-electron chi connectivity index (χ0n) is 17.2. The molecule has 2 aliphatic heterocycles. The van der Waals surface area contributed by atoms with Crippen LogP contribution in [0.3, 0.4) is 0 Å². The number of hydrazone groups is 1. The number of ether oxygens (including phenoxy) is 2. The number of benzene rings is 3. The molecule has 0 saturated carbocycles. The highest BCUT2D eigenvalue weighted by atomic mass is 79.9. The van der Waals surface area contributed by atoms with Crippen molar-refractivity contribution < 1.29 is 14.3 Å². The second-order valence-electron chi connectivity index (χ2n) is 7.76. The second-order valence-corrected chi connectivity index (χ2v) is 8.67. The zero-order chi connectivity index (χ0) is 21.5. The van der Waals surface area contributed by atoms with Crippen LogP contribution in [0.15, 0.2) is 76.3 Å². The van der Waals surface area contributed by atoms with Crippen LogP contribution in [0.5, 0.6) is 11.5 Å². The van der Waals surface area contributed by atoms with Crippen molar-refractivity contribution in [3.63, 3.8) is 0 Å². The third-order valence-corrected chi connectivity index (χ3v) is 6.23. The van der Waals surface area contributed by atoms with Crippen molar-refractivity contribution in [2.45, 2.75) is 25.6 Å². The van der Waals surface area contributed by atoms with E-state index in [1.54, 1.807) is 7.11 Å². The van der Waals surface area contributed by atoms with E-state index in [1.165, 1.54) is 0 Å². The molecule has 156 valence electrons. The fourth-order valence-corrected chi connectivity index (χ4v) is 4.43. The lowest BCUT2D eigenvalue weighted by atomic mass is 9.95. The number of rotatable bonds is 4. The highest BCUT2D eigenvalue weighted by molar-refractivity contribution is 9.10. The van der Waals surface area contributed by atoms with Crippen molar-refractivity contribution >= 4 is 27.4 Å². The lowest BCUT2D eigenvalue weighted by molar-refractivity contribution is -0.00459. The maximum absolute atomic E-state index is 13.4. The van der Waals surface area contributed by atoms with Gasteiger partial charge in [0.2, 0.25) is 5.78 Å². The van der Waals surface area contributed by atoms with Gasteiger partial charge in [-0.2, -0.15) is 5.10 Å². The molecule has 3 aromatic rings. The molecule has 0 aromatic heterocycles. The highest BCUT2D eigenvalue weighted by Crippen LogP contribution is 2.44. The fourth-order valence-electron chi connectivity index (χ4n) is 4.05. The van der Waals surface area contributed by atoms with Gasteiger partial charge in [0.05, 0.1) is 18.9 Å². The van der Waals surface area contributed by atoms with E-state index in [4.69, 9.17) is 14.6 Å². The molecule has 2 atom stereocenters. The van der Waals surface area contributed by atoms with Crippen molar-refractivity contribution in [2.75, 3.05) is 7.11 Å². The molecular weight excluding hydrogens is 456 g/mol. The van der Waals surface area contributed by atoms with Crippen molar-refractivity contribution in [3.8, 4) is 11.5 Å². The Balaban J connectivity index is 1.55. The van der Waals surface area contributed by atoms with Gasteiger partial charge in [-0.1, -0.05) is 45.8 Å². The Morgan fingerprint density at radius 2 is 1.84 bits per heavy atom. The lowest BCUT2D eigenvalue weighted by Crippen LogP contribution is -2.45. The molecular formula is C25H21BrN2O3. The summed E-state index contributed by atoms with van der Waals surface area (Å²) in [5.74, 6) is 1.42. The molecule has 5 nitrogen and oxygen atoms in total. The van der Waals surface area contributed by atoms with Crippen LogP contribution < -0.4 is 9.47 Å². The van der Waals surface area contributed by atoms with Gasteiger partial charge in [-0.3, -0.25) is 4.79 Å². The minimum Gasteiger partial charge on any atom is -0.497 e.